The average Bonchev–Trinajstić information content (AvgIpc) is 2.81. The fourth-order valence-corrected chi connectivity index (χ4v) is 4.53. The molecular weight excluding hydrogens is 505 g/mol. The van der Waals surface area contributed by atoms with Gasteiger partial charge in [-0.15, -0.1) is 0 Å². The zero-order chi connectivity index (χ0) is 28.1. The number of alkyl halides is 5. The highest BCUT2D eigenvalue weighted by molar-refractivity contribution is 6.18. The summed E-state index contributed by atoms with van der Waals surface area (Å²) in [5.74, 6) is -4.34. The second-order valence-electron chi connectivity index (χ2n) is 9.58. The van der Waals surface area contributed by atoms with E-state index in [-0.39, 0.29) is 24.5 Å². The molecule has 206 valence electrons. The van der Waals surface area contributed by atoms with Crippen LogP contribution in [0, 0.1) is 12.8 Å². The van der Waals surface area contributed by atoms with Gasteiger partial charge >= 0.3 is 6.18 Å². The van der Waals surface area contributed by atoms with Crippen LogP contribution in [0.5, 0.6) is 0 Å². The first kappa shape index (κ1) is 29.1. The highest BCUT2D eigenvalue weighted by atomic mass is 19.4. The van der Waals surface area contributed by atoms with Gasteiger partial charge in [0.05, 0.1) is 18.2 Å². The smallest absolute Gasteiger partial charge is 0.394 e. The summed E-state index contributed by atoms with van der Waals surface area (Å²) in [7, 11) is 1.51. The van der Waals surface area contributed by atoms with Crippen molar-refractivity contribution in [2.45, 2.75) is 51.3 Å². The highest BCUT2D eigenvalue weighted by Gasteiger charge is 2.46. The minimum Gasteiger partial charge on any atom is -0.394 e. The van der Waals surface area contributed by atoms with E-state index in [0.717, 1.165) is 22.8 Å². The summed E-state index contributed by atoms with van der Waals surface area (Å²) < 4.78 is 68.6. The Kier molecular flexibility index (Phi) is 9.11. The molecule has 0 aromatic heterocycles. The van der Waals surface area contributed by atoms with Crippen molar-refractivity contribution in [3.8, 4) is 0 Å². The van der Waals surface area contributed by atoms with Crippen molar-refractivity contribution in [3.63, 3.8) is 0 Å². The number of rotatable bonds is 6. The molecule has 0 aliphatic carbocycles. The van der Waals surface area contributed by atoms with Crippen LogP contribution in [-0.4, -0.2) is 61.5 Å². The highest BCUT2D eigenvalue weighted by Crippen LogP contribution is 2.35. The van der Waals surface area contributed by atoms with Crippen molar-refractivity contribution in [1.82, 2.24) is 10.2 Å². The monoisotopic (exact) mass is 537 g/mol. The molecule has 2 aliphatic heterocycles. The van der Waals surface area contributed by atoms with Crippen LogP contribution in [0.2, 0.25) is 0 Å². The number of benzene rings is 1. The molecule has 0 saturated carbocycles. The summed E-state index contributed by atoms with van der Waals surface area (Å²) in [6.45, 7) is 2.68. The average molecular weight is 538 g/mol. The largest absolute Gasteiger partial charge is 0.417 e. The number of nitrogens with zero attached hydrogens (tertiary/aromatic N) is 3. The third kappa shape index (κ3) is 7.29. The number of carbonyl (C=O) groups is 1. The molecule has 1 aromatic carbocycles. The molecule has 11 heteroatoms. The summed E-state index contributed by atoms with van der Waals surface area (Å²) in [5.41, 5.74) is 7.10. The Morgan fingerprint density at radius 3 is 2.53 bits per heavy atom. The Morgan fingerprint density at radius 2 is 1.89 bits per heavy atom. The van der Waals surface area contributed by atoms with Gasteiger partial charge in [0.15, 0.2) is 0 Å². The minimum atomic E-state index is -4.53. The Hall–Kier alpha value is -3.50. The van der Waals surface area contributed by atoms with Crippen molar-refractivity contribution >= 4 is 23.9 Å². The molecular formula is C27H32F5N5O. The molecule has 2 atom stereocenters. The van der Waals surface area contributed by atoms with E-state index >= 15 is 0 Å². The standard InChI is InChI=1S/C27H32F5N5O/c1-17-8-10-19(11-9-17)21(14-34-3)24(33)25(38)37-16-26(28,29)12-18(2)22(37)15-36-23-7-5-4-6-20(13-35-23)27(30,31)32/h6-11,13-14,18,22,36H,4-5,12,15-16,33H2,1-3H3/b20-6-,23-7?,24-21?,34-14?,35-13?/t18-,22?/m1/s1. The lowest BCUT2D eigenvalue weighted by molar-refractivity contribution is -0.148. The third-order valence-electron chi connectivity index (χ3n) is 6.51. The maximum Gasteiger partial charge on any atom is 0.417 e. The zero-order valence-electron chi connectivity index (χ0n) is 21.5. The van der Waals surface area contributed by atoms with Gasteiger partial charge < -0.3 is 16.0 Å². The molecule has 1 unspecified atom stereocenters. The molecule has 2 heterocycles. The van der Waals surface area contributed by atoms with Crippen LogP contribution in [0.15, 0.2) is 63.5 Å². The molecule has 1 fully saturated rings. The van der Waals surface area contributed by atoms with Crippen LogP contribution in [-0.2, 0) is 4.79 Å². The Bertz CT molecular complexity index is 1170. The Balaban J connectivity index is 1.89. The van der Waals surface area contributed by atoms with Crippen molar-refractivity contribution in [2.75, 3.05) is 20.1 Å². The van der Waals surface area contributed by atoms with Gasteiger partial charge in [-0.05, 0) is 37.3 Å². The molecule has 38 heavy (non-hydrogen) atoms. The summed E-state index contributed by atoms with van der Waals surface area (Å²) in [5, 5.41) is 2.95. The molecule has 2 aliphatic rings. The lowest BCUT2D eigenvalue weighted by atomic mass is 9.88. The number of allylic oxidation sites excluding steroid dienone is 4. The van der Waals surface area contributed by atoms with E-state index in [1.165, 1.54) is 13.3 Å². The van der Waals surface area contributed by atoms with Crippen LogP contribution in [0.4, 0.5) is 22.0 Å². The number of aliphatic imine (C=N–C) groups is 2. The number of nitrogens with one attached hydrogen (secondary N) is 1. The number of carbonyl (C=O) groups excluding carboxylic acids is 1. The minimum absolute atomic E-state index is 0.00619. The van der Waals surface area contributed by atoms with E-state index in [1.807, 2.05) is 19.1 Å². The van der Waals surface area contributed by atoms with Crippen LogP contribution < -0.4 is 11.1 Å². The summed E-state index contributed by atoms with van der Waals surface area (Å²) >= 11 is 0. The first-order valence-electron chi connectivity index (χ1n) is 12.3. The van der Waals surface area contributed by atoms with Crippen LogP contribution in [0.25, 0.3) is 5.57 Å². The SMILES string of the molecule is CN=CC(=C(N)C(=O)N1CC(F)(F)C[C@@H](C)C1CNC1=CCC/C=C(\C(F)(F)F)C=N1)c1ccc(C)cc1. The Labute approximate surface area is 218 Å². The molecule has 1 amide bonds. The molecule has 0 radical (unpaired) electrons. The number of hydrogen-bond acceptors (Lipinski definition) is 5. The predicted octanol–water partition coefficient (Wildman–Crippen LogP) is 5.02. The number of amides is 1. The quantitative estimate of drug-likeness (QED) is 0.304. The van der Waals surface area contributed by atoms with Crippen molar-refractivity contribution in [2.24, 2.45) is 21.6 Å². The van der Waals surface area contributed by atoms with Gasteiger partial charge in [0.25, 0.3) is 11.8 Å². The number of aryl methyl sites for hydroxylation is 1. The zero-order valence-corrected chi connectivity index (χ0v) is 21.5. The van der Waals surface area contributed by atoms with E-state index in [0.29, 0.717) is 17.6 Å². The van der Waals surface area contributed by atoms with Crippen LogP contribution in [0.3, 0.4) is 0 Å². The number of halogens is 5. The number of piperidine rings is 1. The fourth-order valence-electron chi connectivity index (χ4n) is 4.53. The van der Waals surface area contributed by atoms with Crippen molar-refractivity contribution < 1.29 is 26.7 Å². The van der Waals surface area contributed by atoms with E-state index < -0.39 is 48.5 Å². The maximum atomic E-state index is 14.6. The van der Waals surface area contributed by atoms with Crippen LogP contribution >= 0.6 is 0 Å². The second kappa shape index (κ2) is 11.9. The van der Waals surface area contributed by atoms with E-state index in [2.05, 4.69) is 15.3 Å². The van der Waals surface area contributed by atoms with Crippen molar-refractivity contribution in [3.05, 3.63) is 64.6 Å². The summed E-state index contributed by atoms with van der Waals surface area (Å²) in [6.07, 6.45) is 0.362. The van der Waals surface area contributed by atoms with Crippen molar-refractivity contribution in [1.29, 1.82) is 0 Å². The maximum absolute atomic E-state index is 14.6. The summed E-state index contributed by atoms with van der Waals surface area (Å²) in [6, 6.07) is 6.49. The van der Waals surface area contributed by atoms with Gasteiger partial charge in [-0.2, -0.15) is 13.2 Å². The third-order valence-corrected chi connectivity index (χ3v) is 6.51. The fraction of sp³-hybridized carbons (Fsp3) is 0.444. The lowest BCUT2D eigenvalue weighted by Gasteiger charge is -2.43. The van der Waals surface area contributed by atoms with E-state index in [4.69, 9.17) is 5.73 Å². The first-order valence-corrected chi connectivity index (χ1v) is 12.3. The van der Waals surface area contributed by atoms with Gasteiger partial charge in [-0.1, -0.05) is 42.8 Å². The van der Waals surface area contributed by atoms with Gasteiger partial charge in [0.1, 0.15) is 11.5 Å². The molecule has 3 rings (SSSR count). The van der Waals surface area contributed by atoms with E-state index in [1.54, 1.807) is 25.1 Å². The molecule has 3 N–H and O–H groups in total. The number of hydrogen-bond donors (Lipinski definition) is 2. The van der Waals surface area contributed by atoms with Gasteiger partial charge in [0, 0.05) is 38.0 Å². The van der Waals surface area contributed by atoms with E-state index in [9.17, 15) is 26.7 Å². The molecule has 6 nitrogen and oxygen atoms in total. The first-order chi connectivity index (χ1) is 17.8. The van der Waals surface area contributed by atoms with Crippen LogP contribution in [0.1, 0.15) is 37.3 Å². The van der Waals surface area contributed by atoms with Gasteiger partial charge in [0.2, 0.25) is 0 Å². The molecule has 1 aromatic rings. The summed E-state index contributed by atoms with van der Waals surface area (Å²) in [4.78, 5) is 22.5. The normalized spacial score (nSPS) is 24.2. The Morgan fingerprint density at radius 1 is 1.24 bits per heavy atom. The molecule has 0 bridgehead atoms. The lowest BCUT2D eigenvalue weighted by Crippen LogP contribution is -2.59. The number of nitrogens with two attached hydrogens (primary N) is 1. The number of likely N-dealkylation sites (tertiary alicyclic amines) is 1. The molecule has 1 saturated heterocycles. The topological polar surface area (TPSA) is 83.1 Å². The predicted molar refractivity (Wildman–Crippen MR) is 139 cm³/mol. The second-order valence-corrected chi connectivity index (χ2v) is 9.58. The molecule has 0 spiro atoms. The van der Waals surface area contributed by atoms with Gasteiger partial charge in [-0.3, -0.25) is 9.79 Å². The van der Waals surface area contributed by atoms with Gasteiger partial charge in [-0.25, -0.2) is 13.8 Å².